The first-order valence-corrected chi connectivity index (χ1v) is 14.6. The minimum absolute atomic E-state index is 0.0500. The van der Waals surface area contributed by atoms with Crippen molar-refractivity contribution in [3.05, 3.63) is 122 Å². The molecule has 5 rings (SSSR count). The highest BCUT2D eigenvalue weighted by Gasteiger charge is 2.36. The molecule has 1 atom stereocenters. The van der Waals surface area contributed by atoms with Crippen LogP contribution in [0, 0.1) is 13.8 Å². The molecule has 0 fully saturated rings. The molecule has 228 valence electrons. The Hall–Kier alpha value is -4.45. The van der Waals surface area contributed by atoms with Crippen LogP contribution in [0.15, 0.2) is 76.7 Å². The lowest BCUT2D eigenvalue weighted by atomic mass is 9.98. The average Bonchev–Trinajstić information content (AvgIpc) is 3.32. The van der Waals surface area contributed by atoms with E-state index in [4.69, 9.17) is 4.98 Å². The number of amides is 1. The molecule has 2 aromatic carbocycles. The number of hydrogen-bond acceptors (Lipinski definition) is 5. The molecular formula is C32H30BrF3N6O2. The lowest BCUT2D eigenvalue weighted by Crippen LogP contribution is -2.46. The summed E-state index contributed by atoms with van der Waals surface area (Å²) in [5.74, 6) is -0.338. The van der Waals surface area contributed by atoms with E-state index >= 15 is 0 Å². The van der Waals surface area contributed by atoms with E-state index < -0.39 is 23.7 Å². The summed E-state index contributed by atoms with van der Waals surface area (Å²) in [7, 11) is 1.80. The summed E-state index contributed by atoms with van der Waals surface area (Å²) in [4.78, 5) is 34.1. The second kappa shape index (κ2) is 11.9. The molecule has 1 aliphatic rings. The van der Waals surface area contributed by atoms with E-state index in [-0.39, 0.29) is 34.5 Å². The van der Waals surface area contributed by atoms with Gasteiger partial charge in [-0.2, -0.15) is 18.3 Å². The Bertz CT molecular complexity index is 1860. The van der Waals surface area contributed by atoms with Crippen molar-refractivity contribution in [3.63, 3.8) is 0 Å². The third-order valence-electron chi connectivity index (χ3n) is 7.55. The molecule has 1 aliphatic heterocycles. The molecule has 0 radical (unpaired) electrons. The normalized spacial score (nSPS) is 15.2. The molecule has 0 spiro atoms. The first-order valence-electron chi connectivity index (χ1n) is 13.8. The van der Waals surface area contributed by atoms with Gasteiger partial charge in [-0.1, -0.05) is 40.7 Å². The van der Waals surface area contributed by atoms with Crippen molar-refractivity contribution in [2.45, 2.75) is 46.0 Å². The van der Waals surface area contributed by atoms with Crippen molar-refractivity contribution in [1.82, 2.24) is 29.5 Å². The molecular weight excluding hydrogens is 637 g/mol. The Morgan fingerprint density at radius 3 is 2.39 bits per heavy atom. The number of fused-ring (bicyclic) bond motifs is 1. The fourth-order valence-electron chi connectivity index (χ4n) is 5.38. The zero-order valence-corrected chi connectivity index (χ0v) is 26.1. The predicted molar refractivity (Wildman–Crippen MR) is 166 cm³/mol. The molecule has 0 unspecified atom stereocenters. The van der Waals surface area contributed by atoms with Crippen LogP contribution in [0.4, 0.5) is 13.2 Å². The monoisotopic (exact) mass is 666 g/mol. The molecule has 1 N–H and O–H groups in total. The quantitative estimate of drug-likeness (QED) is 0.250. The fourth-order valence-corrected chi connectivity index (χ4v) is 5.86. The van der Waals surface area contributed by atoms with E-state index in [9.17, 15) is 22.8 Å². The lowest BCUT2D eigenvalue weighted by molar-refractivity contribution is -0.138. The van der Waals surface area contributed by atoms with Gasteiger partial charge in [-0.3, -0.25) is 9.59 Å². The van der Waals surface area contributed by atoms with Crippen molar-refractivity contribution in [1.29, 1.82) is 0 Å². The number of rotatable bonds is 6. The minimum atomic E-state index is -4.63. The number of halogens is 4. The first kappa shape index (κ1) is 31.0. The number of aromatic nitrogens is 4. The number of aryl methyl sites for hydroxylation is 2. The lowest BCUT2D eigenvalue weighted by Gasteiger charge is -2.34. The number of alkyl halides is 3. The van der Waals surface area contributed by atoms with Gasteiger partial charge >= 0.3 is 6.18 Å². The Morgan fingerprint density at radius 1 is 1.11 bits per heavy atom. The number of nitrogens with one attached hydrogen (secondary N) is 1. The van der Waals surface area contributed by atoms with Crippen molar-refractivity contribution in [3.8, 4) is 11.6 Å². The van der Waals surface area contributed by atoms with Gasteiger partial charge in [0.2, 0.25) is 5.95 Å². The predicted octanol–water partition coefficient (Wildman–Crippen LogP) is 6.15. The minimum Gasteiger partial charge on any atom is -0.393 e. The Morgan fingerprint density at radius 2 is 1.80 bits per heavy atom. The molecule has 0 aliphatic carbocycles. The zero-order valence-electron chi connectivity index (χ0n) is 24.5. The molecule has 44 heavy (non-hydrogen) atoms. The van der Waals surface area contributed by atoms with Crippen LogP contribution >= 0.6 is 15.9 Å². The Balaban J connectivity index is 1.62. The first-order chi connectivity index (χ1) is 20.8. The largest absolute Gasteiger partial charge is 0.417 e. The zero-order chi connectivity index (χ0) is 31.9. The van der Waals surface area contributed by atoms with Crippen molar-refractivity contribution < 1.29 is 18.0 Å². The van der Waals surface area contributed by atoms with E-state index in [2.05, 4.69) is 32.9 Å². The SMILES string of the molecule is C=C/C(=C\NC)c1ccc(-n2c(-n3nc(C)cc3C)nc3c(c2=O)C[C@@H](C)N(C(=O)c2ccc(Br)c(C(F)(F)F)c2)C3)cc1. The van der Waals surface area contributed by atoms with Crippen LogP contribution in [0.2, 0.25) is 0 Å². The molecule has 8 nitrogen and oxygen atoms in total. The van der Waals surface area contributed by atoms with Crippen molar-refractivity contribution in [2.24, 2.45) is 0 Å². The van der Waals surface area contributed by atoms with Crippen molar-refractivity contribution in [2.75, 3.05) is 7.05 Å². The van der Waals surface area contributed by atoms with Crippen LogP contribution in [0.3, 0.4) is 0 Å². The molecule has 3 heterocycles. The number of hydrogen-bond donors (Lipinski definition) is 1. The maximum absolute atomic E-state index is 14.2. The van der Waals surface area contributed by atoms with Crippen LogP contribution in [0.25, 0.3) is 17.2 Å². The summed E-state index contributed by atoms with van der Waals surface area (Å²) in [6.45, 7) is 9.26. The Labute approximate surface area is 260 Å². The standard InChI is InChI=1S/C32H30BrF3N6O2/c1-6-21(16-37-5)22-7-10-24(11-8-22)41-30(44)25-14-19(3)40(17-28(25)38-31(41)42-20(4)13-18(2)39-42)29(43)23-9-12-27(33)26(15-23)32(34,35)36/h6-13,15-16,19,37H,1,14,17H2,2-5H3/b21-16+/t19-/m1/s1. The molecule has 4 aromatic rings. The summed E-state index contributed by atoms with van der Waals surface area (Å²) >= 11 is 2.93. The summed E-state index contributed by atoms with van der Waals surface area (Å²) < 4.78 is 43.6. The summed E-state index contributed by atoms with van der Waals surface area (Å²) in [6.07, 6.45) is -0.906. The summed E-state index contributed by atoms with van der Waals surface area (Å²) in [5, 5.41) is 7.56. The highest BCUT2D eigenvalue weighted by Crippen LogP contribution is 2.36. The molecule has 0 saturated carbocycles. The smallest absolute Gasteiger partial charge is 0.393 e. The van der Waals surface area contributed by atoms with Crippen LogP contribution < -0.4 is 10.9 Å². The molecule has 0 bridgehead atoms. The van der Waals surface area contributed by atoms with Gasteiger partial charge in [0.15, 0.2) is 0 Å². The topological polar surface area (TPSA) is 85.1 Å². The van der Waals surface area contributed by atoms with Crippen LogP contribution in [-0.2, 0) is 19.1 Å². The van der Waals surface area contributed by atoms with E-state index in [1.807, 2.05) is 50.4 Å². The third-order valence-corrected chi connectivity index (χ3v) is 8.24. The van der Waals surface area contributed by atoms with Gasteiger partial charge in [-0.15, -0.1) is 0 Å². The van der Waals surface area contributed by atoms with Gasteiger partial charge in [-0.05, 0) is 74.7 Å². The van der Waals surface area contributed by atoms with E-state index in [1.54, 1.807) is 24.7 Å². The molecule has 2 aromatic heterocycles. The van der Waals surface area contributed by atoms with Gasteiger partial charge < -0.3 is 10.2 Å². The summed E-state index contributed by atoms with van der Waals surface area (Å²) in [6, 6.07) is 12.2. The van der Waals surface area contributed by atoms with E-state index in [1.165, 1.54) is 21.6 Å². The average molecular weight is 668 g/mol. The van der Waals surface area contributed by atoms with E-state index in [0.717, 1.165) is 28.6 Å². The second-order valence-corrected chi connectivity index (χ2v) is 11.5. The van der Waals surface area contributed by atoms with Crippen molar-refractivity contribution >= 4 is 27.4 Å². The number of allylic oxidation sites excluding steroid dienone is 2. The molecule has 1 amide bonds. The number of carbonyl (C=O) groups is 1. The molecule has 0 saturated heterocycles. The summed E-state index contributed by atoms with van der Waals surface area (Å²) in [5.41, 5.74) is 3.29. The van der Waals surface area contributed by atoms with Crippen LogP contribution in [0.1, 0.15) is 51.1 Å². The van der Waals surface area contributed by atoms with Gasteiger partial charge in [0.25, 0.3) is 11.5 Å². The highest BCUT2D eigenvalue weighted by molar-refractivity contribution is 9.10. The number of carbonyl (C=O) groups excluding carboxylic acids is 1. The third kappa shape index (κ3) is 5.73. The maximum atomic E-state index is 14.2. The van der Waals surface area contributed by atoms with Gasteiger partial charge in [0, 0.05) is 40.6 Å². The maximum Gasteiger partial charge on any atom is 0.417 e. The van der Waals surface area contributed by atoms with Gasteiger partial charge in [0.05, 0.1) is 29.2 Å². The van der Waals surface area contributed by atoms with Gasteiger partial charge in [-0.25, -0.2) is 14.2 Å². The second-order valence-electron chi connectivity index (χ2n) is 10.6. The Kier molecular flexibility index (Phi) is 8.39. The van der Waals surface area contributed by atoms with Gasteiger partial charge in [0.1, 0.15) is 0 Å². The van der Waals surface area contributed by atoms with Crippen LogP contribution in [-0.4, -0.2) is 43.2 Å². The number of benzene rings is 2. The highest BCUT2D eigenvalue weighted by atomic mass is 79.9. The number of nitrogens with zero attached hydrogens (tertiary/aromatic N) is 5. The fraction of sp³-hybridized carbons (Fsp3) is 0.250. The van der Waals surface area contributed by atoms with Crippen LogP contribution in [0.5, 0.6) is 0 Å². The van der Waals surface area contributed by atoms with E-state index in [0.29, 0.717) is 16.9 Å². The molecule has 12 heteroatoms.